The summed E-state index contributed by atoms with van der Waals surface area (Å²) in [6, 6.07) is 14.6. The van der Waals surface area contributed by atoms with E-state index in [9.17, 15) is 0 Å². The number of methoxy groups -OCH3 is 1. The summed E-state index contributed by atoms with van der Waals surface area (Å²) in [4.78, 5) is 0. The van der Waals surface area contributed by atoms with Gasteiger partial charge in [-0.05, 0) is 47.4 Å². The minimum atomic E-state index is 0.163. The molecule has 2 aliphatic rings. The Kier molecular flexibility index (Phi) is 5.65. The Labute approximate surface area is 166 Å². The number of rotatable bonds is 6. The molecule has 0 saturated heterocycles. The van der Waals surface area contributed by atoms with Gasteiger partial charge in [0.1, 0.15) is 6.61 Å². The van der Waals surface area contributed by atoms with Crippen molar-refractivity contribution in [3.8, 4) is 11.5 Å². The van der Waals surface area contributed by atoms with E-state index in [-0.39, 0.29) is 6.04 Å². The highest BCUT2D eigenvalue weighted by Gasteiger charge is 2.21. The molecule has 0 aliphatic carbocycles. The molecule has 1 atom stereocenters. The van der Waals surface area contributed by atoms with Crippen LogP contribution < -0.4 is 20.2 Å². The maximum atomic E-state index is 6.08. The van der Waals surface area contributed by atoms with Crippen molar-refractivity contribution >= 4 is 0 Å². The van der Waals surface area contributed by atoms with E-state index in [4.69, 9.17) is 9.47 Å². The molecule has 0 amide bonds. The highest BCUT2D eigenvalue weighted by atomic mass is 16.5. The molecule has 1 unspecified atom stereocenters. The Hall–Kier alpha value is -2.76. The highest BCUT2D eigenvalue weighted by Crippen LogP contribution is 2.36. The van der Waals surface area contributed by atoms with Crippen LogP contribution in [0.1, 0.15) is 22.7 Å². The summed E-state index contributed by atoms with van der Waals surface area (Å²) in [7, 11) is 3.73. The van der Waals surface area contributed by atoms with Crippen LogP contribution in [0.3, 0.4) is 0 Å². The van der Waals surface area contributed by atoms with Gasteiger partial charge in [0.2, 0.25) is 0 Å². The fourth-order valence-electron chi connectivity index (χ4n) is 3.67. The number of fused-ring (bicyclic) bond motifs is 1. The number of hydrogen-bond donors (Lipinski definition) is 2. The average Bonchev–Trinajstić information content (AvgIpc) is 3.15. The van der Waals surface area contributed by atoms with Gasteiger partial charge in [0.15, 0.2) is 11.5 Å². The highest BCUT2D eigenvalue weighted by molar-refractivity contribution is 5.50. The smallest absolute Gasteiger partial charge is 0.161 e. The molecule has 2 aliphatic heterocycles. The van der Waals surface area contributed by atoms with Crippen molar-refractivity contribution in [3.05, 3.63) is 83.1 Å². The molecule has 4 rings (SSSR count). The summed E-state index contributed by atoms with van der Waals surface area (Å²) in [5.74, 6) is 1.58. The number of benzene rings is 2. The van der Waals surface area contributed by atoms with E-state index in [2.05, 4.69) is 53.2 Å². The van der Waals surface area contributed by atoms with Crippen molar-refractivity contribution < 1.29 is 9.47 Å². The maximum Gasteiger partial charge on any atom is 0.161 e. The lowest BCUT2D eigenvalue weighted by Crippen LogP contribution is -2.29. The third-order valence-corrected chi connectivity index (χ3v) is 5.24. The maximum absolute atomic E-state index is 6.08. The van der Waals surface area contributed by atoms with Crippen molar-refractivity contribution in [3.63, 3.8) is 0 Å². The number of likely N-dealkylation sites (N-methyl/N-ethyl adjacent to an activating group) is 1. The molecule has 28 heavy (non-hydrogen) atoms. The zero-order valence-corrected chi connectivity index (χ0v) is 16.4. The minimum absolute atomic E-state index is 0.163. The SMILES string of the molecule is COc1cc2c(cc1OCc1ccccc1)CCNC2/C=C/C1=CCNN1C. The van der Waals surface area contributed by atoms with Crippen LogP contribution in [0.4, 0.5) is 0 Å². The quantitative estimate of drug-likeness (QED) is 0.808. The van der Waals surface area contributed by atoms with E-state index < -0.39 is 0 Å². The van der Waals surface area contributed by atoms with Crippen LogP contribution in [0.5, 0.6) is 11.5 Å². The first-order valence-corrected chi connectivity index (χ1v) is 9.71. The van der Waals surface area contributed by atoms with Crippen LogP contribution in [-0.4, -0.2) is 32.3 Å². The molecule has 2 N–H and O–H groups in total. The molecule has 2 aromatic carbocycles. The van der Waals surface area contributed by atoms with E-state index in [1.165, 1.54) is 16.8 Å². The molecule has 5 nitrogen and oxygen atoms in total. The monoisotopic (exact) mass is 377 g/mol. The second-order valence-electron chi connectivity index (χ2n) is 7.07. The molecule has 0 bridgehead atoms. The van der Waals surface area contributed by atoms with Crippen LogP contribution in [-0.2, 0) is 13.0 Å². The molecule has 2 aromatic rings. The molecule has 0 fully saturated rings. The van der Waals surface area contributed by atoms with Crippen LogP contribution in [0, 0.1) is 0 Å². The molecule has 0 aromatic heterocycles. The molecule has 0 radical (unpaired) electrons. The second-order valence-corrected chi connectivity index (χ2v) is 7.07. The van der Waals surface area contributed by atoms with Gasteiger partial charge in [-0.3, -0.25) is 0 Å². The van der Waals surface area contributed by atoms with Gasteiger partial charge in [0.25, 0.3) is 0 Å². The van der Waals surface area contributed by atoms with Gasteiger partial charge in [-0.15, -0.1) is 0 Å². The Morgan fingerprint density at radius 1 is 1.18 bits per heavy atom. The summed E-state index contributed by atoms with van der Waals surface area (Å²) in [6.07, 6.45) is 7.55. The summed E-state index contributed by atoms with van der Waals surface area (Å²) in [6.45, 7) is 2.35. The Morgan fingerprint density at radius 2 is 2.04 bits per heavy atom. The number of nitrogens with one attached hydrogen (secondary N) is 2. The van der Waals surface area contributed by atoms with Crippen LogP contribution in [0.25, 0.3) is 0 Å². The van der Waals surface area contributed by atoms with Crippen LogP contribution >= 0.6 is 0 Å². The first-order valence-electron chi connectivity index (χ1n) is 9.71. The van der Waals surface area contributed by atoms with E-state index in [0.29, 0.717) is 6.61 Å². The van der Waals surface area contributed by atoms with Gasteiger partial charge in [-0.1, -0.05) is 36.4 Å². The Bertz CT molecular complexity index is 877. The van der Waals surface area contributed by atoms with E-state index in [1.54, 1.807) is 7.11 Å². The molecule has 2 heterocycles. The van der Waals surface area contributed by atoms with E-state index in [1.807, 2.05) is 30.3 Å². The van der Waals surface area contributed by atoms with Crippen molar-refractivity contribution in [2.24, 2.45) is 0 Å². The Morgan fingerprint density at radius 3 is 2.79 bits per heavy atom. The third kappa shape index (κ3) is 4.06. The predicted octanol–water partition coefficient (Wildman–Crippen LogP) is 3.35. The second kappa shape index (κ2) is 8.50. The third-order valence-electron chi connectivity index (χ3n) is 5.24. The van der Waals surface area contributed by atoms with Crippen molar-refractivity contribution in [2.75, 3.05) is 27.2 Å². The van der Waals surface area contributed by atoms with E-state index >= 15 is 0 Å². The van der Waals surface area contributed by atoms with Crippen LogP contribution in [0.15, 0.2) is 66.4 Å². The number of nitrogens with zero attached hydrogens (tertiary/aromatic N) is 1. The lowest BCUT2D eigenvalue weighted by molar-refractivity contribution is 0.283. The zero-order chi connectivity index (χ0) is 19.3. The molecular formula is C23H27N3O2. The largest absolute Gasteiger partial charge is 0.493 e. The summed E-state index contributed by atoms with van der Waals surface area (Å²) in [5.41, 5.74) is 8.15. The zero-order valence-electron chi connectivity index (χ0n) is 16.4. The minimum Gasteiger partial charge on any atom is -0.493 e. The van der Waals surface area contributed by atoms with Gasteiger partial charge < -0.3 is 19.8 Å². The average molecular weight is 377 g/mol. The van der Waals surface area contributed by atoms with Gasteiger partial charge in [0, 0.05) is 25.8 Å². The topological polar surface area (TPSA) is 45.8 Å². The molecule has 5 heteroatoms. The fourth-order valence-corrected chi connectivity index (χ4v) is 3.67. The van der Waals surface area contributed by atoms with Gasteiger partial charge in [0.05, 0.1) is 13.2 Å². The molecular weight excluding hydrogens is 350 g/mol. The molecule has 146 valence electrons. The van der Waals surface area contributed by atoms with E-state index in [0.717, 1.165) is 36.6 Å². The molecule has 0 spiro atoms. The van der Waals surface area contributed by atoms with Crippen molar-refractivity contribution in [1.29, 1.82) is 0 Å². The van der Waals surface area contributed by atoms with Gasteiger partial charge >= 0.3 is 0 Å². The van der Waals surface area contributed by atoms with Crippen molar-refractivity contribution in [1.82, 2.24) is 15.8 Å². The first-order chi connectivity index (χ1) is 13.7. The summed E-state index contributed by atoms with van der Waals surface area (Å²) >= 11 is 0. The predicted molar refractivity (Wildman–Crippen MR) is 111 cm³/mol. The number of ether oxygens (including phenoxy) is 2. The van der Waals surface area contributed by atoms with Crippen molar-refractivity contribution in [2.45, 2.75) is 19.1 Å². The number of hydrogen-bond acceptors (Lipinski definition) is 5. The Balaban J connectivity index is 1.55. The summed E-state index contributed by atoms with van der Waals surface area (Å²) in [5, 5.41) is 5.64. The summed E-state index contributed by atoms with van der Waals surface area (Å²) < 4.78 is 11.7. The van der Waals surface area contributed by atoms with Gasteiger partial charge in [-0.2, -0.15) is 0 Å². The van der Waals surface area contributed by atoms with Gasteiger partial charge in [-0.25, -0.2) is 5.43 Å². The standard InChI is InChI=1S/C23H27N3O2/c1-26-19(11-13-25-26)8-9-21-20-15-22(27-2)23(14-18(20)10-12-24-21)28-16-17-6-4-3-5-7-17/h3-9,11,14-15,21,24-25H,10,12-13,16H2,1-2H3/b9-8+. The lowest BCUT2D eigenvalue weighted by atomic mass is 9.93. The number of allylic oxidation sites excluding steroid dienone is 1. The fraction of sp³-hybridized carbons (Fsp3) is 0.304. The lowest BCUT2D eigenvalue weighted by Gasteiger charge is -2.26. The normalized spacial score (nSPS) is 18.9. The van der Waals surface area contributed by atoms with Crippen LogP contribution in [0.2, 0.25) is 0 Å². The first kappa shape index (κ1) is 18.6. The number of hydrazine groups is 1. The molecule has 0 saturated carbocycles.